The lowest BCUT2D eigenvalue weighted by molar-refractivity contribution is -0.143. The van der Waals surface area contributed by atoms with Gasteiger partial charge in [-0.25, -0.2) is 4.39 Å². The number of hydrogen-bond acceptors (Lipinski definition) is 3. The lowest BCUT2D eigenvalue weighted by Crippen LogP contribution is -2.37. The number of hydrogen-bond donors (Lipinski definition) is 2. The van der Waals surface area contributed by atoms with Gasteiger partial charge in [0.25, 0.3) is 0 Å². The molecule has 2 aromatic carbocycles. The second-order valence-corrected chi connectivity index (χ2v) is 5.82. The van der Waals surface area contributed by atoms with E-state index >= 15 is 0 Å². The van der Waals surface area contributed by atoms with Gasteiger partial charge in [-0.15, -0.1) is 0 Å². The number of rotatable bonds is 4. The molecular weight excluding hydrogens is 309 g/mol. The monoisotopic (exact) mass is 327 g/mol. The molecule has 0 aromatic heterocycles. The second-order valence-electron chi connectivity index (χ2n) is 5.82. The molecule has 5 heteroatoms. The van der Waals surface area contributed by atoms with Gasteiger partial charge in [0.2, 0.25) is 0 Å². The Morgan fingerprint density at radius 2 is 1.92 bits per heavy atom. The van der Waals surface area contributed by atoms with E-state index in [9.17, 15) is 19.4 Å². The Hall–Kier alpha value is -2.66. The van der Waals surface area contributed by atoms with Crippen LogP contribution in [-0.2, 0) is 4.79 Å². The van der Waals surface area contributed by atoms with Crippen molar-refractivity contribution in [3.63, 3.8) is 0 Å². The summed E-state index contributed by atoms with van der Waals surface area (Å²) in [4.78, 5) is 13.6. The first-order valence-corrected chi connectivity index (χ1v) is 7.75. The van der Waals surface area contributed by atoms with E-state index in [0.717, 1.165) is 11.1 Å². The topological polar surface area (TPSA) is 60.8 Å². The van der Waals surface area contributed by atoms with Crippen molar-refractivity contribution in [2.24, 2.45) is 0 Å². The molecule has 1 heterocycles. The molecular formula is C19H18FNO3. The van der Waals surface area contributed by atoms with Gasteiger partial charge < -0.3 is 10.2 Å². The van der Waals surface area contributed by atoms with E-state index in [4.69, 9.17) is 0 Å². The zero-order valence-corrected chi connectivity index (χ0v) is 13.0. The highest BCUT2D eigenvalue weighted by atomic mass is 19.1. The number of carboxylic acids is 1. The van der Waals surface area contributed by atoms with E-state index in [0.29, 0.717) is 25.1 Å². The van der Waals surface area contributed by atoms with Crippen LogP contribution >= 0.6 is 0 Å². The van der Waals surface area contributed by atoms with E-state index < -0.39 is 12.0 Å². The summed E-state index contributed by atoms with van der Waals surface area (Å²) in [6, 6.07) is 11.9. The number of benzene rings is 2. The maximum Gasteiger partial charge on any atom is 0.325 e. The number of nitrogens with zero attached hydrogens (tertiary/aromatic N) is 1. The van der Waals surface area contributed by atoms with Crippen LogP contribution in [0.15, 0.2) is 54.6 Å². The molecule has 0 amide bonds. The molecule has 24 heavy (non-hydrogen) atoms. The van der Waals surface area contributed by atoms with Crippen molar-refractivity contribution < 1.29 is 19.4 Å². The van der Waals surface area contributed by atoms with Crippen LogP contribution in [0.5, 0.6) is 5.75 Å². The van der Waals surface area contributed by atoms with Gasteiger partial charge in [0, 0.05) is 13.1 Å². The molecule has 1 aliphatic heterocycles. The fourth-order valence-corrected chi connectivity index (χ4v) is 3.05. The molecule has 1 aliphatic rings. The third-order valence-corrected chi connectivity index (χ3v) is 4.24. The molecule has 0 saturated heterocycles. The van der Waals surface area contributed by atoms with Gasteiger partial charge in [-0.3, -0.25) is 9.69 Å². The molecule has 0 unspecified atom stereocenters. The van der Waals surface area contributed by atoms with Crippen molar-refractivity contribution >= 4 is 11.5 Å². The SMILES string of the molecule is O=C(O)[C@@H](c1cccc(O)c1)N1CC=C(c2ccc(F)cc2)CC1. The van der Waals surface area contributed by atoms with E-state index in [1.165, 1.54) is 24.3 Å². The highest BCUT2D eigenvalue weighted by Gasteiger charge is 2.28. The number of aromatic hydroxyl groups is 1. The van der Waals surface area contributed by atoms with E-state index in [-0.39, 0.29) is 11.6 Å². The van der Waals surface area contributed by atoms with Gasteiger partial charge in [-0.1, -0.05) is 30.3 Å². The average molecular weight is 327 g/mol. The Morgan fingerprint density at radius 3 is 2.50 bits per heavy atom. The number of aliphatic carboxylic acids is 1. The highest BCUT2D eigenvalue weighted by molar-refractivity contribution is 5.76. The fourth-order valence-electron chi connectivity index (χ4n) is 3.05. The Bertz CT molecular complexity index is 770. The van der Waals surface area contributed by atoms with E-state index in [2.05, 4.69) is 0 Å². The zero-order chi connectivity index (χ0) is 17.1. The van der Waals surface area contributed by atoms with Crippen LogP contribution in [0.25, 0.3) is 5.57 Å². The summed E-state index contributed by atoms with van der Waals surface area (Å²) in [5.41, 5.74) is 2.60. The van der Waals surface area contributed by atoms with Crippen LogP contribution < -0.4 is 0 Å². The second kappa shape index (κ2) is 6.84. The lowest BCUT2D eigenvalue weighted by atomic mass is 9.97. The summed E-state index contributed by atoms with van der Waals surface area (Å²) in [5, 5.41) is 19.2. The first kappa shape index (κ1) is 16.2. The quantitative estimate of drug-likeness (QED) is 0.903. The number of phenolic OH excluding ortho intramolecular Hbond substituents is 1. The van der Waals surface area contributed by atoms with Crippen LogP contribution in [0.4, 0.5) is 4.39 Å². The zero-order valence-electron chi connectivity index (χ0n) is 13.0. The van der Waals surface area contributed by atoms with Gasteiger partial charge in [0.1, 0.15) is 17.6 Å². The summed E-state index contributed by atoms with van der Waals surface area (Å²) in [6.07, 6.45) is 2.67. The Kier molecular flexibility index (Phi) is 4.62. The maximum atomic E-state index is 13.0. The normalized spacial score (nSPS) is 16.5. The van der Waals surface area contributed by atoms with Crippen molar-refractivity contribution in [3.8, 4) is 5.75 Å². The third kappa shape index (κ3) is 3.46. The molecule has 0 saturated carbocycles. The third-order valence-electron chi connectivity index (χ3n) is 4.24. The summed E-state index contributed by atoms with van der Waals surface area (Å²) < 4.78 is 13.0. The van der Waals surface area contributed by atoms with E-state index in [1.54, 1.807) is 24.3 Å². The van der Waals surface area contributed by atoms with Crippen LogP contribution in [-0.4, -0.2) is 34.2 Å². The smallest absolute Gasteiger partial charge is 0.325 e. The number of carboxylic acid groups (broad SMARTS) is 1. The van der Waals surface area contributed by atoms with Crippen LogP contribution in [0.3, 0.4) is 0 Å². The largest absolute Gasteiger partial charge is 0.508 e. The van der Waals surface area contributed by atoms with Crippen molar-refractivity contribution in [1.29, 1.82) is 0 Å². The minimum Gasteiger partial charge on any atom is -0.508 e. The highest BCUT2D eigenvalue weighted by Crippen LogP contribution is 2.29. The summed E-state index contributed by atoms with van der Waals surface area (Å²) >= 11 is 0. The fraction of sp³-hybridized carbons (Fsp3) is 0.211. The predicted molar refractivity (Wildman–Crippen MR) is 89.1 cm³/mol. The average Bonchev–Trinajstić information content (AvgIpc) is 2.56. The molecule has 4 nitrogen and oxygen atoms in total. The van der Waals surface area contributed by atoms with Gasteiger partial charge in [-0.2, -0.15) is 0 Å². The van der Waals surface area contributed by atoms with Gasteiger partial charge in [-0.05, 0) is 47.4 Å². The summed E-state index contributed by atoms with van der Waals surface area (Å²) in [6.45, 7) is 1.06. The number of phenols is 1. The molecule has 0 radical (unpaired) electrons. The Labute approximate surface area is 139 Å². The van der Waals surface area contributed by atoms with Gasteiger partial charge >= 0.3 is 5.97 Å². The molecule has 2 N–H and O–H groups in total. The molecule has 0 spiro atoms. The van der Waals surface area contributed by atoms with Crippen LogP contribution in [0.2, 0.25) is 0 Å². The lowest BCUT2D eigenvalue weighted by Gasteiger charge is -2.32. The molecule has 0 aliphatic carbocycles. The maximum absolute atomic E-state index is 13.0. The molecule has 2 aromatic rings. The molecule has 124 valence electrons. The van der Waals surface area contributed by atoms with Crippen LogP contribution in [0.1, 0.15) is 23.6 Å². The van der Waals surface area contributed by atoms with Crippen molar-refractivity contribution in [2.75, 3.05) is 13.1 Å². The van der Waals surface area contributed by atoms with Crippen molar-refractivity contribution in [1.82, 2.24) is 4.90 Å². The first-order valence-electron chi connectivity index (χ1n) is 7.75. The molecule has 1 atom stereocenters. The molecule has 0 fully saturated rings. The Balaban J connectivity index is 1.80. The predicted octanol–water partition coefficient (Wildman–Crippen LogP) is 3.45. The van der Waals surface area contributed by atoms with Crippen LogP contribution in [0, 0.1) is 5.82 Å². The Morgan fingerprint density at radius 1 is 1.17 bits per heavy atom. The summed E-state index contributed by atoms with van der Waals surface area (Å²) in [7, 11) is 0. The minimum atomic E-state index is -0.945. The number of carbonyl (C=O) groups is 1. The molecule has 0 bridgehead atoms. The van der Waals surface area contributed by atoms with Crippen molar-refractivity contribution in [2.45, 2.75) is 12.5 Å². The minimum absolute atomic E-state index is 0.0540. The van der Waals surface area contributed by atoms with Gasteiger partial charge in [0.15, 0.2) is 0 Å². The first-order chi connectivity index (χ1) is 11.5. The van der Waals surface area contributed by atoms with Gasteiger partial charge in [0.05, 0.1) is 0 Å². The standard InChI is InChI=1S/C19H18FNO3/c20-16-6-4-13(5-7-16)14-8-10-21(11-9-14)18(19(23)24)15-2-1-3-17(22)12-15/h1-8,12,18,22H,9-11H2,(H,23,24)/t18-/m1/s1. The van der Waals surface area contributed by atoms with E-state index in [1.807, 2.05) is 11.0 Å². The summed E-state index contributed by atoms with van der Waals surface area (Å²) in [5.74, 6) is -1.16. The number of halogens is 1. The molecule has 3 rings (SSSR count). The van der Waals surface area contributed by atoms with Crippen molar-refractivity contribution in [3.05, 3.63) is 71.6 Å².